The van der Waals surface area contributed by atoms with Gasteiger partial charge in [0.2, 0.25) is 5.91 Å². The van der Waals surface area contributed by atoms with Gasteiger partial charge in [-0.2, -0.15) is 0 Å². The number of aryl methyl sites for hydroxylation is 1. The number of rotatable bonds is 9. The molecule has 0 bridgehead atoms. The van der Waals surface area contributed by atoms with Crippen LogP contribution in [0.4, 0.5) is 9.52 Å². The first-order valence-electron chi connectivity index (χ1n) is 8.32. The van der Waals surface area contributed by atoms with Gasteiger partial charge in [0.05, 0.1) is 12.1 Å². The summed E-state index contributed by atoms with van der Waals surface area (Å²) in [5.41, 5.74) is 2.83. The molecule has 1 aromatic carbocycles. The van der Waals surface area contributed by atoms with Crippen molar-refractivity contribution in [3.8, 4) is 11.3 Å². The zero-order chi connectivity index (χ0) is 20.5. The molecule has 2 aromatic rings. The highest BCUT2D eigenvalue weighted by Gasteiger charge is 2.12. The number of anilines is 1. The van der Waals surface area contributed by atoms with E-state index in [-0.39, 0.29) is 12.1 Å². The number of allylic oxidation sites excluding steroid dienone is 4. The van der Waals surface area contributed by atoms with Crippen LogP contribution in [-0.2, 0) is 22.5 Å². The molecule has 9 heteroatoms. The van der Waals surface area contributed by atoms with E-state index in [2.05, 4.69) is 28.5 Å². The Balaban J connectivity index is 2.06. The monoisotopic (exact) mass is 421 g/mol. The Bertz CT molecular complexity index is 921. The normalized spacial score (nSPS) is 13.1. The van der Waals surface area contributed by atoms with E-state index in [0.717, 1.165) is 29.8 Å². The summed E-state index contributed by atoms with van der Waals surface area (Å²) in [7, 11) is 0. The summed E-state index contributed by atoms with van der Waals surface area (Å²) in [6.45, 7) is 5.44. The SMILES string of the molecule is C=C/C=C(F)\C=C(/CC(=O)Nc1nc(-c2ccc(CC)cc2)cs1)NS(=O)O. The number of nitrogens with one attached hydrogen (secondary N) is 2. The Morgan fingerprint density at radius 3 is 2.71 bits per heavy atom. The highest BCUT2D eigenvalue weighted by atomic mass is 32.2. The molecule has 28 heavy (non-hydrogen) atoms. The number of benzene rings is 1. The Morgan fingerprint density at radius 1 is 1.39 bits per heavy atom. The van der Waals surface area contributed by atoms with Crippen molar-refractivity contribution in [1.29, 1.82) is 0 Å². The quantitative estimate of drug-likeness (QED) is 0.415. The molecule has 0 fully saturated rings. The second-order valence-electron chi connectivity index (χ2n) is 5.62. The predicted octanol–water partition coefficient (Wildman–Crippen LogP) is 4.35. The minimum Gasteiger partial charge on any atom is -0.302 e. The minimum atomic E-state index is -2.43. The molecule has 2 rings (SSSR count). The maximum absolute atomic E-state index is 13.6. The third-order valence-corrected chi connectivity index (χ3v) is 4.76. The van der Waals surface area contributed by atoms with Gasteiger partial charge in [-0.15, -0.1) is 11.3 Å². The van der Waals surface area contributed by atoms with Crippen molar-refractivity contribution in [2.75, 3.05) is 5.32 Å². The van der Waals surface area contributed by atoms with Crippen molar-refractivity contribution in [3.63, 3.8) is 0 Å². The fraction of sp³-hybridized carbons (Fsp3) is 0.158. The van der Waals surface area contributed by atoms with Gasteiger partial charge in [-0.3, -0.25) is 14.1 Å². The lowest BCUT2D eigenvalue weighted by molar-refractivity contribution is -0.115. The molecule has 0 aliphatic rings. The first kappa shape index (κ1) is 21.7. The molecule has 0 aliphatic carbocycles. The van der Waals surface area contributed by atoms with Crippen LogP contribution in [0, 0.1) is 0 Å². The van der Waals surface area contributed by atoms with Crippen LogP contribution >= 0.6 is 11.3 Å². The fourth-order valence-corrected chi connectivity index (χ4v) is 3.36. The summed E-state index contributed by atoms with van der Waals surface area (Å²) in [5, 5.41) is 4.81. The van der Waals surface area contributed by atoms with Gasteiger partial charge in [-0.1, -0.05) is 43.8 Å². The topological polar surface area (TPSA) is 91.3 Å². The van der Waals surface area contributed by atoms with Gasteiger partial charge in [-0.25, -0.2) is 13.6 Å². The Kier molecular flexibility index (Phi) is 8.24. The standard InChI is InChI=1S/C19H20FN3O3S2/c1-3-5-15(20)10-16(23-28(25)26)11-18(24)22-19-21-17(12-27-19)14-8-6-13(4-2)7-9-14/h3,5-10,12,23H,1,4,11H2,2H3,(H,25,26)(H,21,22,24)/b15-5+,16-10+. The largest absolute Gasteiger partial charge is 0.302 e. The summed E-state index contributed by atoms with van der Waals surface area (Å²) in [6, 6.07) is 7.98. The molecular weight excluding hydrogens is 401 g/mol. The predicted molar refractivity (Wildman–Crippen MR) is 112 cm³/mol. The molecule has 0 aliphatic heterocycles. The first-order valence-corrected chi connectivity index (χ1v) is 10.3. The van der Waals surface area contributed by atoms with Crippen LogP contribution in [0.3, 0.4) is 0 Å². The van der Waals surface area contributed by atoms with E-state index in [1.54, 1.807) is 0 Å². The van der Waals surface area contributed by atoms with E-state index in [9.17, 15) is 13.4 Å². The Morgan fingerprint density at radius 2 is 2.11 bits per heavy atom. The molecule has 0 saturated heterocycles. The van der Waals surface area contributed by atoms with Crippen LogP contribution in [0.2, 0.25) is 0 Å². The fourth-order valence-electron chi connectivity index (χ4n) is 2.27. The van der Waals surface area contributed by atoms with Crippen LogP contribution in [-0.4, -0.2) is 19.7 Å². The van der Waals surface area contributed by atoms with Gasteiger partial charge in [0.15, 0.2) is 5.13 Å². The minimum absolute atomic E-state index is 0.0548. The lowest BCUT2D eigenvalue weighted by Crippen LogP contribution is -2.21. The Hall–Kier alpha value is -2.62. The van der Waals surface area contributed by atoms with Crippen molar-refractivity contribution < 1.29 is 17.9 Å². The van der Waals surface area contributed by atoms with E-state index in [0.29, 0.717) is 5.13 Å². The number of aromatic nitrogens is 1. The van der Waals surface area contributed by atoms with E-state index >= 15 is 0 Å². The average Bonchev–Trinajstić information content (AvgIpc) is 3.09. The van der Waals surface area contributed by atoms with Gasteiger partial charge in [0.25, 0.3) is 11.3 Å². The maximum Gasteiger partial charge on any atom is 0.258 e. The number of carbonyl (C=O) groups excluding carboxylic acids is 1. The summed E-state index contributed by atoms with van der Waals surface area (Å²) < 4.78 is 35.6. The highest BCUT2D eigenvalue weighted by Crippen LogP contribution is 2.25. The van der Waals surface area contributed by atoms with Crippen molar-refractivity contribution in [1.82, 2.24) is 9.71 Å². The molecule has 3 N–H and O–H groups in total. The van der Waals surface area contributed by atoms with Crippen LogP contribution in [0.15, 0.2) is 66.0 Å². The van der Waals surface area contributed by atoms with Crippen molar-refractivity contribution in [2.24, 2.45) is 0 Å². The number of hydrogen-bond acceptors (Lipinski definition) is 4. The number of carbonyl (C=O) groups is 1. The molecule has 1 aromatic heterocycles. The van der Waals surface area contributed by atoms with Crippen LogP contribution in [0.1, 0.15) is 18.9 Å². The van der Waals surface area contributed by atoms with Gasteiger partial charge in [0.1, 0.15) is 5.83 Å². The molecule has 1 heterocycles. The Labute approximate surface area is 169 Å². The third-order valence-electron chi connectivity index (χ3n) is 3.57. The first-order chi connectivity index (χ1) is 13.4. The lowest BCUT2D eigenvalue weighted by Gasteiger charge is -2.07. The molecule has 6 nitrogen and oxygen atoms in total. The van der Waals surface area contributed by atoms with Crippen LogP contribution in [0.5, 0.6) is 0 Å². The average molecular weight is 422 g/mol. The number of nitrogens with zero attached hydrogens (tertiary/aromatic N) is 1. The van der Waals surface area contributed by atoms with Crippen molar-refractivity contribution in [2.45, 2.75) is 19.8 Å². The number of thiazole rings is 1. The molecule has 1 amide bonds. The summed E-state index contributed by atoms with van der Waals surface area (Å²) in [5.74, 6) is -1.21. The lowest BCUT2D eigenvalue weighted by atomic mass is 10.1. The molecule has 1 atom stereocenters. The summed E-state index contributed by atoms with van der Waals surface area (Å²) in [6.07, 6.45) is 3.87. The zero-order valence-corrected chi connectivity index (χ0v) is 16.8. The third kappa shape index (κ3) is 6.84. The summed E-state index contributed by atoms with van der Waals surface area (Å²) in [4.78, 5) is 16.6. The number of hydrogen-bond donors (Lipinski definition) is 3. The zero-order valence-electron chi connectivity index (χ0n) is 15.1. The second-order valence-corrected chi connectivity index (χ2v) is 7.18. The second kappa shape index (κ2) is 10.6. The number of amides is 1. The van der Waals surface area contributed by atoms with Crippen LogP contribution in [0.25, 0.3) is 11.3 Å². The van der Waals surface area contributed by atoms with Gasteiger partial charge < -0.3 is 5.32 Å². The van der Waals surface area contributed by atoms with E-state index in [1.807, 2.05) is 29.6 Å². The molecular formula is C19H20FN3O3S2. The number of halogens is 1. The van der Waals surface area contributed by atoms with Gasteiger partial charge in [0, 0.05) is 16.6 Å². The van der Waals surface area contributed by atoms with E-state index < -0.39 is 23.0 Å². The molecule has 0 radical (unpaired) electrons. The van der Waals surface area contributed by atoms with E-state index in [4.69, 9.17) is 4.55 Å². The van der Waals surface area contributed by atoms with Gasteiger partial charge >= 0.3 is 0 Å². The van der Waals surface area contributed by atoms with Gasteiger partial charge in [-0.05, 0) is 24.1 Å². The molecule has 0 spiro atoms. The highest BCUT2D eigenvalue weighted by molar-refractivity contribution is 7.77. The van der Waals surface area contributed by atoms with Crippen molar-refractivity contribution in [3.05, 3.63) is 71.5 Å². The molecule has 0 saturated carbocycles. The maximum atomic E-state index is 13.6. The molecule has 1 unspecified atom stereocenters. The van der Waals surface area contributed by atoms with Crippen molar-refractivity contribution >= 4 is 33.6 Å². The summed E-state index contributed by atoms with van der Waals surface area (Å²) >= 11 is -1.18. The van der Waals surface area contributed by atoms with Crippen LogP contribution < -0.4 is 10.0 Å². The molecule has 148 valence electrons. The van der Waals surface area contributed by atoms with E-state index in [1.165, 1.54) is 23.0 Å². The smallest absolute Gasteiger partial charge is 0.258 e.